The zero-order valence-electron chi connectivity index (χ0n) is 8.78. The summed E-state index contributed by atoms with van der Waals surface area (Å²) in [4.78, 5) is 10.5. The minimum absolute atomic E-state index is 0.638. The normalized spacial score (nSPS) is 21.9. The Balaban J connectivity index is 1.87. The van der Waals surface area contributed by atoms with Crippen molar-refractivity contribution in [2.24, 2.45) is 0 Å². The summed E-state index contributed by atoms with van der Waals surface area (Å²) in [6.45, 7) is 2.17. The molecule has 5 heteroatoms. The number of nitrogens with zero attached hydrogens (tertiary/aromatic N) is 3. The van der Waals surface area contributed by atoms with Crippen molar-refractivity contribution >= 4 is 21.7 Å². The second kappa shape index (κ2) is 4.90. The van der Waals surface area contributed by atoms with Gasteiger partial charge in [-0.05, 0) is 42.4 Å². The van der Waals surface area contributed by atoms with E-state index in [4.69, 9.17) is 0 Å². The van der Waals surface area contributed by atoms with E-state index in [0.29, 0.717) is 6.04 Å². The Bertz CT molecular complexity index is 331. The first-order valence-electron chi connectivity index (χ1n) is 5.17. The van der Waals surface area contributed by atoms with Gasteiger partial charge in [0.15, 0.2) is 0 Å². The van der Waals surface area contributed by atoms with Crippen molar-refractivity contribution in [3.63, 3.8) is 0 Å². The maximum Gasteiger partial charge on any atom is 0.130 e. The van der Waals surface area contributed by atoms with Crippen LogP contribution in [0.2, 0.25) is 0 Å². The van der Waals surface area contributed by atoms with Crippen LogP contribution >= 0.6 is 15.9 Å². The van der Waals surface area contributed by atoms with E-state index >= 15 is 0 Å². The third kappa shape index (κ3) is 2.89. The number of aromatic nitrogens is 2. The molecular formula is C10H15BrN4. The van der Waals surface area contributed by atoms with E-state index in [1.54, 1.807) is 6.33 Å². The molecule has 15 heavy (non-hydrogen) atoms. The van der Waals surface area contributed by atoms with E-state index in [0.717, 1.165) is 17.0 Å². The topological polar surface area (TPSA) is 41.0 Å². The van der Waals surface area contributed by atoms with Crippen LogP contribution in [0.4, 0.5) is 5.82 Å². The molecule has 1 N–H and O–H groups in total. The Morgan fingerprint density at radius 1 is 1.60 bits per heavy atom. The predicted molar refractivity (Wildman–Crippen MR) is 63.9 cm³/mol. The summed E-state index contributed by atoms with van der Waals surface area (Å²) >= 11 is 3.33. The van der Waals surface area contributed by atoms with Crippen molar-refractivity contribution in [1.82, 2.24) is 14.9 Å². The molecule has 0 aliphatic carbocycles. The molecule has 0 bridgehead atoms. The lowest BCUT2D eigenvalue weighted by atomic mass is 10.2. The molecule has 2 heterocycles. The van der Waals surface area contributed by atoms with Gasteiger partial charge in [0.25, 0.3) is 0 Å². The standard InChI is InChI=1S/C10H15BrN4/c1-15-4-2-3-8(15)6-12-10-5-9(11)13-7-14-10/h5,7-8H,2-4,6H2,1H3,(H,12,13,14). The summed E-state index contributed by atoms with van der Waals surface area (Å²) in [6, 6.07) is 2.54. The average Bonchev–Trinajstić information content (AvgIpc) is 2.61. The zero-order valence-corrected chi connectivity index (χ0v) is 10.4. The maximum absolute atomic E-state index is 4.15. The lowest BCUT2D eigenvalue weighted by Crippen LogP contribution is -2.31. The smallest absolute Gasteiger partial charge is 0.130 e. The lowest BCUT2D eigenvalue weighted by Gasteiger charge is -2.19. The van der Waals surface area contributed by atoms with Crippen LogP contribution in [0, 0.1) is 0 Å². The number of hydrogen-bond acceptors (Lipinski definition) is 4. The fraction of sp³-hybridized carbons (Fsp3) is 0.600. The molecule has 0 spiro atoms. The second-order valence-corrected chi connectivity index (χ2v) is 4.70. The van der Waals surface area contributed by atoms with Crippen molar-refractivity contribution < 1.29 is 0 Å². The number of nitrogens with one attached hydrogen (secondary N) is 1. The summed E-state index contributed by atoms with van der Waals surface area (Å²) in [6.07, 6.45) is 4.14. The van der Waals surface area contributed by atoms with Crippen molar-refractivity contribution in [2.45, 2.75) is 18.9 Å². The van der Waals surface area contributed by atoms with Crippen LogP contribution in [0.15, 0.2) is 17.0 Å². The number of likely N-dealkylation sites (N-methyl/N-ethyl adjacent to an activating group) is 1. The molecular weight excluding hydrogens is 256 g/mol. The van der Waals surface area contributed by atoms with Gasteiger partial charge in [-0.3, -0.25) is 0 Å². The highest BCUT2D eigenvalue weighted by Gasteiger charge is 2.20. The summed E-state index contributed by atoms with van der Waals surface area (Å²) in [5.74, 6) is 0.886. The largest absolute Gasteiger partial charge is 0.368 e. The molecule has 1 aromatic rings. The molecule has 0 radical (unpaired) electrons. The molecule has 4 nitrogen and oxygen atoms in total. The van der Waals surface area contributed by atoms with Crippen LogP contribution in [-0.2, 0) is 0 Å². The highest BCUT2D eigenvalue weighted by molar-refractivity contribution is 9.10. The number of likely N-dealkylation sites (tertiary alicyclic amines) is 1. The molecule has 0 saturated carbocycles. The molecule has 1 aliphatic rings. The van der Waals surface area contributed by atoms with Gasteiger partial charge in [-0.2, -0.15) is 0 Å². The molecule has 0 amide bonds. The van der Waals surface area contributed by atoms with E-state index in [-0.39, 0.29) is 0 Å². The molecule has 1 saturated heterocycles. The molecule has 82 valence electrons. The lowest BCUT2D eigenvalue weighted by molar-refractivity contribution is 0.322. The first-order valence-corrected chi connectivity index (χ1v) is 5.96. The summed E-state index contributed by atoms with van der Waals surface area (Å²) < 4.78 is 0.819. The molecule has 1 aliphatic heterocycles. The van der Waals surface area contributed by atoms with Gasteiger partial charge in [0.2, 0.25) is 0 Å². The van der Waals surface area contributed by atoms with Gasteiger partial charge < -0.3 is 10.2 Å². The number of hydrogen-bond donors (Lipinski definition) is 1. The first kappa shape index (κ1) is 10.8. The SMILES string of the molecule is CN1CCCC1CNc1cc(Br)ncn1. The molecule has 0 aromatic carbocycles. The quantitative estimate of drug-likeness (QED) is 0.850. The Hall–Kier alpha value is -0.680. The number of anilines is 1. The van der Waals surface area contributed by atoms with Gasteiger partial charge in [0.05, 0.1) is 0 Å². The van der Waals surface area contributed by atoms with Gasteiger partial charge >= 0.3 is 0 Å². The van der Waals surface area contributed by atoms with Crippen LogP contribution in [0.3, 0.4) is 0 Å². The number of halogens is 1. The van der Waals surface area contributed by atoms with Gasteiger partial charge in [0.1, 0.15) is 16.7 Å². The van der Waals surface area contributed by atoms with E-state index in [9.17, 15) is 0 Å². The zero-order chi connectivity index (χ0) is 10.7. The highest BCUT2D eigenvalue weighted by atomic mass is 79.9. The fourth-order valence-electron chi connectivity index (χ4n) is 1.89. The molecule has 1 aromatic heterocycles. The Kier molecular flexibility index (Phi) is 3.53. The van der Waals surface area contributed by atoms with Crippen molar-refractivity contribution in [1.29, 1.82) is 0 Å². The van der Waals surface area contributed by atoms with Gasteiger partial charge in [-0.15, -0.1) is 0 Å². The molecule has 2 rings (SSSR count). The third-order valence-electron chi connectivity index (χ3n) is 2.82. The van der Waals surface area contributed by atoms with Gasteiger partial charge in [-0.1, -0.05) is 0 Å². The number of rotatable bonds is 3. The molecule has 1 atom stereocenters. The first-order chi connectivity index (χ1) is 7.25. The van der Waals surface area contributed by atoms with Gasteiger partial charge in [0, 0.05) is 18.7 Å². The highest BCUT2D eigenvalue weighted by Crippen LogP contribution is 2.16. The van der Waals surface area contributed by atoms with Crippen LogP contribution in [0.1, 0.15) is 12.8 Å². The summed E-state index contributed by atoms with van der Waals surface area (Å²) in [7, 11) is 2.18. The second-order valence-electron chi connectivity index (χ2n) is 3.88. The fourth-order valence-corrected chi connectivity index (χ4v) is 2.20. The third-order valence-corrected chi connectivity index (χ3v) is 3.26. The Morgan fingerprint density at radius 3 is 3.13 bits per heavy atom. The van der Waals surface area contributed by atoms with Crippen LogP contribution in [-0.4, -0.2) is 41.0 Å². The summed E-state index contributed by atoms with van der Waals surface area (Å²) in [5.41, 5.74) is 0. The monoisotopic (exact) mass is 270 g/mol. The van der Waals surface area contributed by atoms with E-state index < -0.39 is 0 Å². The van der Waals surface area contributed by atoms with Gasteiger partial charge in [-0.25, -0.2) is 9.97 Å². The van der Waals surface area contributed by atoms with E-state index in [1.807, 2.05) is 6.07 Å². The van der Waals surface area contributed by atoms with E-state index in [1.165, 1.54) is 19.4 Å². The molecule has 1 unspecified atom stereocenters. The summed E-state index contributed by atoms with van der Waals surface area (Å²) in [5, 5.41) is 3.34. The minimum Gasteiger partial charge on any atom is -0.368 e. The minimum atomic E-state index is 0.638. The van der Waals surface area contributed by atoms with Crippen LogP contribution < -0.4 is 5.32 Å². The van der Waals surface area contributed by atoms with Crippen molar-refractivity contribution in [3.8, 4) is 0 Å². The van der Waals surface area contributed by atoms with E-state index in [2.05, 4.69) is 43.2 Å². The van der Waals surface area contributed by atoms with Crippen LogP contribution in [0.25, 0.3) is 0 Å². The van der Waals surface area contributed by atoms with Crippen molar-refractivity contribution in [2.75, 3.05) is 25.5 Å². The maximum atomic E-state index is 4.15. The Morgan fingerprint density at radius 2 is 2.47 bits per heavy atom. The predicted octanol–water partition coefficient (Wildman–Crippen LogP) is 1.75. The average molecular weight is 271 g/mol. The Labute approximate surface area is 98.2 Å². The molecule has 1 fully saturated rings. The van der Waals surface area contributed by atoms with Crippen molar-refractivity contribution in [3.05, 3.63) is 17.0 Å². The van der Waals surface area contributed by atoms with Crippen LogP contribution in [0.5, 0.6) is 0 Å².